The number of carbonyl (C=O) groups is 3. The van der Waals surface area contributed by atoms with Gasteiger partial charge in [-0.05, 0) is 42.4 Å². The lowest BCUT2D eigenvalue weighted by Gasteiger charge is -2.29. The predicted molar refractivity (Wildman–Crippen MR) is 118 cm³/mol. The van der Waals surface area contributed by atoms with Crippen molar-refractivity contribution in [3.63, 3.8) is 0 Å². The van der Waals surface area contributed by atoms with Crippen molar-refractivity contribution in [2.24, 2.45) is 12.5 Å². The molecule has 9 nitrogen and oxygen atoms in total. The molecule has 0 aliphatic carbocycles. The number of carboxylic acid groups (broad SMARTS) is 1. The van der Waals surface area contributed by atoms with E-state index in [0.717, 1.165) is 11.1 Å². The molecular weight excluding hydrogens is 414 g/mol. The first-order chi connectivity index (χ1) is 15.0. The lowest BCUT2D eigenvalue weighted by molar-refractivity contribution is -0.143. The highest BCUT2D eigenvalue weighted by atomic mass is 16.5. The number of hydrogen-bond acceptors (Lipinski definition) is 5. The van der Waals surface area contributed by atoms with Crippen molar-refractivity contribution in [1.29, 1.82) is 0 Å². The Kier molecular flexibility index (Phi) is 6.88. The van der Waals surface area contributed by atoms with Crippen LogP contribution < -0.4 is 11.0 Å². The lowest BCUT2D eigenvalue weighted by atomic mass is 9.87. The molecule has 2 aromatic rings. The molecule has 0 radical (unpaired) electrons. The summed E-state index contributed by atoms with van der Waals surface area (Å²) in [6.45, 7) is 6.32. The van der Waals surface area contributed by atoms with E-state index in [4.69, 9.17) is 9.84 Å². The van der Waals surface area contributed by atoms with E-state index in [1.807, 2.05) is 39.0 Å². The van der Waals surface area contributed by atoms with Gasteiger partial charge >= 0.3 is 11.7 Å². The molecule has 0 spiro atoms. The topological polar surface area (TPSA) is 120 Å². The number of aryl methyl sites for hydroxylation is 2. The van der Waals surface area contributed by atoms with Crippen molar-refractivity contribution in [2.45, 2.75) is 65.0 Å². The van der Waals surface area contributed by atoms with Crippen LogP contribution in [-0.2, 0) is 32.6 Å². The van der Waals surface area contributed by atoms with Crippen LogP contribution in [0.3, 0.4) is 0 Å². The van der Waals surface area contributed by atoms with E-state index in [2.05, 4.69) is 5.32 Å². The molecule has 32 heavy (non-hydrogen) atoms. The number of imide groups is 1. The summed E-state index contributed by atoms with van der Waals surface area (Å²) in [5.74, 6) is -1.65. The Labute approximate surface area is 186 Å². The number of rotatable bonds is 8. The lowest BCUT2D eigenvalue weighted by Crippen LogP contribution is -2.44. The summed E-state index contributed by atoms with van der Waals surface area (Å²) in [7, 11) is 1.67. The quantitative estimate of drug-likeness (QED) is 0.475. The average molecular weight is 446 g/mol. The Bertz CT molecular complexity index is 1090. The van der Waals surface area contributed by atoms with Gasteiger partial charge < -0.3 is 9.84 Å². The van der Waals surface area contributed by atoms with Gasteiger partial charge in [0, 0.05) is 20.1 Å². The van der Waals surface area contributed by atoms with Crippen molar-refractivity contribution in [3.8, 4) is 0 Å². The number of nitrogens with one attached hydrogen (secondary N) is 1. The number of imidazole rings is 1. The predicted octanol–water partition coefficient (Wildman–Crippen LogP) is 2.16. The number of amides is 2. The standard InChI is InChI=1S/C23H31N3O6/c1-23(2,3)18(13-20(28)29)32-11-5-6-14-7-8-15-17(12-14)25(4)22(31)26(15)16-9-10-19(27)24-21(16)30/h7-8,12,16,18H,5-6,9-11,13H2,1-4H3,(H,28,29)(H,24,27,30). The van der Waals surface area contributed by atoms with Crippen LogP contribution >= 0.6 is 0 Å². The van der Waals surface area contributed by atoms with E-state index in [9.17, 15) is 19.2 Å². The van der Waals surface area contributed by atoms with Crippen LogP contribution in [0.25, 0.3) is 11.0 Å². The summed E-state index contributed by atoms with van der Waals surface area (Å²) in [4.78, 5) is 47.7. The molecule has 174 valence electrons. The molecule has 1 aromatic heterocycles. The van der Waals surface area contributed by atoms with E-state index in [-0.39, 0.29) is 36.0 Å². The zero-order valence-corrected chi connectivity index (χ0v) is 19.0. The largest absolute Gasteiger partial charge is 0.481 e. The third kappa shape index (κ3) is 5.09. The van der Waals surface area contributed by atoms with Crippen LogP contribution in [0.15, 0.2) is 23.0 Å². The van der Waals surface area contributed by atoms with Gasteiger partial charge in [-0.15, -0.1) is 0 Å². The first-order valence-electron chi connectivity index (χ1n) is 10.9. The fourth-order valence-corrected chi connectivity index (χ4v) is 4.07. The first-order valence-corrected chi connectivity index (χ1v) is 10.9. The summed E-state index contributed by atoms with van der Waals surface area (Å²) >= 11 is 0. The molecule has 1 aromatic carbocycles. The monoisotopic (exact) mass is 445 g/mol. The highest BCUT2D eigenvalue weighted by Gasteiger charge is 2.31. The van der Waals surface area contributed by atoms with Crippen molar-refractivity contribution < 1.29 is 24.2 Å². The number of piperidine rings is 1. The number of benzene rings is 1. The maximum absolute atomic E-state index is 12.8. The minimum atomic E-state index is -0.878. The maximum Gasteiger partial charge on any atom is 0.329 e. The van der Waals surface area contributed by atoms with Gasteiger partial charge in [0.05, 0.1) is 23.6 Å². The van der Waals surface area contributed by atoms with E-state index < -0.39 is 17.9 Å². The Morgan fingerprint density at radius 1 is 1.25 bits per heavy atom. The Morgan fingerprint density at radius 3 is 2.59 bits per heavy atom. The van der Waals surface area contributed by atoms with Crippen LogP contribution in [0.2, 0.25) is 0 Å². The average Bonchev–Trinajstić information content (AvgIpc) is 2.94. The molecule has 2 N–H and O–H groups in total. The van der Waals surface area contributed by atoms with Crippen molar-refractivity contribution in [1.82, 2.24) is 14.5 Å². The van der Waals surface area contributed by atoms with E-state index in [1.165, 1.54) is 9.13 Å². The molecule has 1 fully saturated rings. The molecule has 1 saturated heterocycles. The summed E-state index contributed by atoms with van der Waals surface area (Å²) < 4.78 is 8.84. The van der Waals surface area contributed by atoms with Gasteiger partial charge in [-0.1, -0.05) is 26.8 Å². The molecule has 2 heterocycles. The third-order valence-corrected chi connectivity index (χ3v) is 5.93. The van der Waals surface area contributed by atoms with Gasteiger partial charge in [0.15, 0.2) is 0 Å². The fourth-order valence-electron chi connectivity index (χ4n) is 4.07. The van der Waals surface area contributed by atoms with E-state index in [0.29, 0.717) is 31.4 Å². The number of carboxylic acids is 1. The van der Waals surface area contributed by atoms with Gasteiger partial charge in [-0.2, -0.15) is 0 Å². The third-order valence-electron chi connectivity index (χ3n) is 5.93. The molecular formula is C23H31N3O6. The molecule has 2 unspecified atom stereocenters. The van der Waals surface area contributed by atoms with Gasteiger partial charge in [-0.25, -0.2) is 4.79 Å². The van der Waals surface area contributed by atoms with Gasteiger partial charge in [0.25, 0.3) is 0 Å². The van der Waals surface area contributed by atoms with Crippen LogP contribution in [-0.4, -0.2) is 44.7 Å². The number of hydrogen-bond donors (Lipinski definition) is 2. The SMILES string of the molecule is Cn1c(=O)n(C2CCC(=O)NC2=O)c2ccc(CCCOC(CC(=O)O)C(C)(C)C)cc21. The first kappa shape index (κ1) is 23.7. The molecule has 1 aliphatic heterocycles. The normalized spacial score (nSPS) is 18.1. The maximum atomic E-state index is 12.8. The Hall–Kier alpha value is -2.94. The van der Waals surface area contributed by atoms with Crippen molar-refractivity contribution in [3.05, 3.63) is 34.2 Å². The number of nitrogens with zero attached hydrogens (tertiary/aromatic N) is 2. The van der Waals surface area contributed by atoms with Gasteiger partial charge in [0.2, 0.25) is 11.8 Å². The fraction of sp³-hybridized carbons (Fsp3) is 0.565. The summed E-state index contributed by atoms with van der Waals surface area (Å²) in [6.07, 6.45) is 1.51. The van der Waals surface area contributed by atoms with Crippen molar-refractivity contribution >= 4 is 28.8 Å². The second-order valence-electron chi connectivity index (χ2n) is 9.43. The highest BCUT2D eigenvalue weighted by Crippen LogP contribution is 2.26. The zero-order chi connectivity index (χ0) is 23.6. The molecule has 9 heteroatoms. The van der Waals surface area contributed by atoms with Crippen molar-refractivity contribution in [2.75, 3.05) is 6.61 Å². The van der Waals surface area contributed by atoms with Gasteiger partial charge in [0.1, 0.15) is 6.04 Å². The number of fused-ring (bicyclic) bond motifs is 1. The Balaban J connectivity index is 1.72. The van der Waals surface area contributed by atoms with Gasteiger partial charge in [-0.3, -0.25) is 28.8 Å². The number of carbonyl (C=O) groups excluding carboxylic acids is 2. The van der Waals surface area contributed by atoms with Crippen LogP contribution in [0.5, 0.6) is 0 Å². The zero-order valence-electron chi connectivity index (χ0n) is 19.0. The van der Waals surface area contributed by atoms with Crippen LogP contribution in [0, 0.1) is 5.41 Å². The molecule has 2 amide bonds. The van der Waals surface area contributed by atoms with E-state index >= 15 is 0 Å². The van der Waals surface area contributed by atoms with E-state index in [1.54, 1.807) is 7.05 Å². The second-order valence-corrected chi connectivity index (χ2v) is 9.43. The molecule has 0 saturated carbocycles. The second kappa shape index (κ2) is 9.28. The Morgan fingerprint density at radius 2 is 1.97 bits per heavy atom. The summed E-state index contributed by atoms with van der Waals surface area (Å²) in [6, 6.07) is 4.98. The minimum absolute atomic E-state index is 0.0363. The molecule has 0 bridgehead atoms. The number of aromatic nitrogens is 2. The summed E-state index contributed by atoms with van der Waals surface area (Å²) in [5.41, 5.74) is 1.83. The molecule has 1 aliphatic rings. The number of ether oxygens (including phenoxy) is 1. The summed E-state index contributed by atoms with van der Waals surface area (Å²) in [5, 5.41) is 11.4. The number of aliphatic carboxylic acids is 1. The highest BCUT2D eigenvalue weighted by molar-refractivity contribution is 6.00. The van der Waals surface area contributed by atoms with Crippen LogP contribution in [0.4, 0.5) is 0 Å². The smallest absolute Gasteiger partial charge is 0.329 e. The minimum Gasteiger partial charge on any atom is -0.481 e. The van der Waals surface area contributed by atoms with Crippen LogP contribution in [0.1, 0.15) is 58.1 Å². The molecule has 3 rings (SSSR count). The molecule has 2 atom stereocenters.